The molecule has 1 N–H and O–H groups in total. The van der Waals surface area contributed by atoms with Crippen molar-refractivity contribution >= 4 is 17.6 Å². The lowest BCUT2D eigenvalue weighted by Gasteiger charge is -2.27. The topological polar surface area (TPSA) is 57.6 Å². The Hall–Kier alpha value is -1.84. The van der Waals surface area contributed by atoms with Gasteiger partial charge in [-0.15, -0.1) is 0 Å². The maximum absolute atomic E-state index is 12.1. The van der Waals surface area contributed by atoms with Crippen molar-refractivity contribution in [3.05, 3.63) is 29.8 Å². The molecule has 0 heterocycles. The van der Waals surface area contributed by atoms with Crippen molar-refractivity contribution in [2.24, 2.45) is 5.92 Å². The molecule has 18 heavy (non-hydrogen) atoms. The Bertz CT molecular complexity index is 466. The molecule has 0 saturated heterocycles. The maximum Gasteiger partial charge on any atom is 0.337 e. The second kappa shape index (κ2) is 5.21. The van der Waals surface area contributed by atoms with Gasteiger partial charge in [0.05, 0.1) is 11.3 Å². The molecule has 0 unspecified atom stereocenters. The number of amides is 1. The summed E-state index contributed by atoms with van der Waals surface area (Å²) < 4.78 is 0. The Kier molecular flexibility index (Phi) is 3.65. The van der Waals surface area contributed by atoms with Crippen molar-refractivity contribution in [1.82, 2.24) is 0 Å². The highest BCUT2D eigenvalue weighted by molar-refractivity contribution is 6.01. The average molecular weight is 247 g/mol. The molecule has 1 aliphatic rings. The summed E-state index contributed by atoms with van der Waals surface area (Å²) in [5, 5.41) is 9.10. The molecule has 1 fully saturated rings. The van der Waals surface area contributed by atoms with Crippen LogP contribution in [0.5, 0.6) is 0 Å². The summed E-state index contributed by atoms with van der Waals surface area (Å²) in [6, 6.07) is 6.60. The first kappa shape index (κ1) is 12.6. The van der Waals surface area contributed by atoms with Gasteiger partial charge < -0.3 is 10.0 Å². The molecule has 0 atom stereocenters. The second-order valence-corrected chi connectivity index (χ2v) is 4.78. The first-order valence-electron chi connectivity index (χ1n) is 6.18. The molecule has 0 aliphatic heterocycles. The molecule has 1 aromatic rings. The number of aromatic carboxylic acids is 1. The normalized spacial score (nSPS) is 14.9. The largest absolute Gasteiger partial charge is 0.478 e. The van der Waals surface area contributed by atoms with Gasteiger partial charge in [0.1, 0.15) is 0 Å². The molecule has 0 spiro atoms. The van der Waals surface area contributed by atoms with Crippen LogP contribution < -0.4 is 4.90 Å². The number of rotatable bonds is 4. The second-order valence-electron chi connectivity index (χ2n) is 4.78. The van der Waals surface area contributed by atoms with E-state index in [1.54, 1.807) is 25.2 Å². The van der Waals surface area contributed by atoms with E-state index in [9.17, 15) is 9.59 Å². The highest BCUT2D eigenvalue weighted by Crippen LogP contribution is 2.30. The number of hydrogen-bond donors (Lipinski definition) is 1. The zero-order valence-corrected chi connectivity index (χ0v) is 10.4. The predicted octanol–water partition coefficient (Wildman–Crippen LogP) is 2.54. The van der Waals surface area contributed by atoms with Crippen molar-refractivity contribution in [2.45, 2.75) is 25.7 Å². The lowest BCUT2D eigenvalue weighted by atomic mass is 9.82. The van der Waals surface area contributed by atoms with Crippen LogP contribution in [0.2, 0.25) is 0 Å². The number of carboxylic acids is 1. The Labute approximate surface area is 106 Å². The molecule has 2 rings (SSSR count). The van der Waals surface area contributed by atoms with Crippen molar-refractivity contribution < 1.29 is 14.7 Å². The van der Waals surface area contributed by atoms with Crippen molar-refractivity contribution in [3.63, 3.8) is 0 Å². The molecule has 1 aliphatic carbocycles. The summed E-state index contributed by atoms with van der Waals surface area (Å²) in [5.74, 6) is -0.528. The third-order valence-corrected chi connectivity index (χ3v) is 3.56. The van der Waals surface area contributed by atoms with Crippen LogP contribution >= 0.6 is 0 Å². The van der Waals surface area contributed by atoms with Gasteiger partial charge >= 0.3 is 5.97 Å². The van der Waals surface area contributed by atoms with Crippen LogP contribution in [0.3, 0.4) is 0 Å². The molecule has 1 amide bonds. The monoisotopic (exact) mass is 247 g/mol. The Balaban J connectivity index is 2.14. The number of anilines is 1. The zero-order chi connectivity index (χ0) is 13.1. The minimum Gasteiger partial charge on any atom is -0.478 e. The van der Waals surface area contributed by atoms with Crippen molar-refractivity contribution in [1.29, 1.82) is 0 Å². The van der Waals surface area contributed by atoms with Gasteiger partial charge in [0.2, 0.25) is 5.91 Å². The van der Waals surface area contributed by atoms with Crippen molar-refractivity contribution in [3.8, 4) is 0 Å². The molecular formula is C14H17NO3. The van der Waals surface area contributed by atoms with Crippen LogP contribution in [-0.4, -0.2) is 24.0 Å². The van der Waals surface area contributed by atoms with E-state index >= 15 is 0 Å². The zero-order valence-electron chi connectivity index (χ0n) is 10.4. The average Bonchev–Trinajstić information content (AvgIpc) is 2.32. The van der Waals surface area contributed by atoms with Crippen LogP contribution in [0, 0.1) is 5.92 Å². The SMILES string of the molecule is CN(C(=O)CC1CCC1)c1ccccc1C(=O)O. The lowest BCUT2D eigenvalue weighted by Crippen LogP contribution is -2.31. The fourth-order valence-corrected chi connectivity index (χ4v) is 2.16. The van der Waals surface area contributed by atoms with Gasteiger partial charge in [0.25, 0.3) is 0 Å². The minimum absolute atomic E-state index is 0.00611. The summed E-state index contributed by atoms with van der Waals surface area (Å²) in [6.45, 7) is 0. The van der Waals surface area contributed by atoms with Gasteiger partial charge in [-0.25, -0.2) is 4.79 Å². The number of carboxylic acid groups (broad SMARTS) is 1. The molecule has 0 aromatic heterocycles. The third kappa shape index (κ3) is 2.53. The third-order valence-electron chi connectivity index (χ3n) is 3.56. The summed E-state index contributed by atoms with van der Waals surface area (Å²) in [5.41, 5.74) is 0.635. The molecular weight excluding hydrogens is 230 g/mol. The number of benzene rings is 1. The molecule has 1 aromatic carbocycles. The Morgan fingerprint density at radius 1 is 1.33 bits per heavy atom. The Morgan fingerprint density at radius 2 is 2.00 bits per heavy atom. The molecule has 1 saturated carbocycles. The fourth-order valence-electron chi connectivity index (χ4n) is 2.16. The summed E-state index contributed by atoms with van der Waals surface area (Å²) in [6.07, 6.45) is 3.94. The lowest BCUT2D eigenvalue weighted by molar-refractivity contribution is -0.119. The summed E-state index contributed by atoms with van der Waals surface area (Å²) >= 11 is 0. The van der Waals surface area contributed by atoms with Gasteiger partial charge in [-0.05, 0) is 30.9 Å². The fraction of sp³-hybridized carbons (Fsp3) is 0.429. The number of carbonyl (C=O) groups excluding carboxylic acids is 1. The van der Waals surface area contributed by atoms with E-state index < -0.39 is 5.97 Å². The van der Waals surface area contributed by atoms with Crippen LogP contribution in [0.1, 0.15) is 36.0 Å². The number of hydrogen-bond acceptors (Lipinski definition) is 2. The van der Waals surface area contributed by atoms with E-state index in [4.69, 9.17) is 5.11 Å². The summed E-state index contributed by atoms with van der Waals surface area (Å²) in [7, 11) is 1.64. The summed E-state index contributed by atoms with van der Waals surface area (Å²) in [4.78, 5) is 24.6. The van der Waals surface area contributed by atoms with E-state index in [1.165, 1.54) is 17.4 Å². The highest BCUT2D eigenvalue weighted by atomic mass is 16.4. The smallest absolute Gasteiger partial charge is 0.337 e. The van der Waals surface area contributed by atoms with E-state index in [0.29, 0.717) is 18.0 Å². The maximum atomic E-state index is 12.1. The van der Waals surface area contributed by atoms with Crippen molar-refractivity contribution in [2.75, 3.05) is 11.9 Å². The highest BCUT2D eigenvalue weighted by Gasteiger charge is 2.24. The molecule has 0 radical (unpaired) electrons. The van der Waals surface area contributed by atoms with Gasteiger partial charge in [-0.2, -0.15) is 0 Å². The van der Waals surface area contributed by atoms with E-state index in [-0.39, 0.29) is 11.5 Å². The standard InChI is InChI=1S/C14H17NO3/c1-15(13(16)9-10-5-4-6-10)12-8-3-2-7-11(12)14(17)18/h2-3,7-8,10H,4-6,9H2,1H3,(H,17,18). The van der Waals surface area contributed by atoms with E-state index in [2.05, 4.69) is 0 Å². The first-order chi connectivity index (χ1) is 8.59. The van der Waals surface area contributed by atoms with E-state index in [0.717, 1.165) is 12.8 Å². The van der Waals surface area contributed by atoms with Gasteiger partial charge in [0, 0.05) is 13.5 Å². The quantitative estimate of drug-likeness (QED) is 0.889. The van der Waals surface area contributed by atoms with Crippen LogP contribution in [-0.2, 0) is 4.79 Å². The number of para-hydroxylation sites is 1. The Morgan fingerprint density at radius 3 is 2.56 bits per heavy atom. The first-order valence-corrected chi connectivity index (χ1v) is 6.18. The van der Waals surface area contributed by atoms with Gasteiger partial charge in [0.15, 0.2) is 0 Å². The molecule has 4 heteroatoms. The predicted molar refractivity (Wildman–Crippen MR) is 68.8 cm³/mol. The van der Waals surface area contributed by atoms with Crippen LogP contribution in [0.25, 0.3) is 0 Å². The van der Waals surface area contributed by atoms with Crippen LogP contribution in [0.4, 0.5) is 5.69 Å². The van der Waals surface area contributed by atoms with Gasteiger partial charge in [-0.3, -0.25) is 4.79 Å². The minimum atomic E-state index is -1.01. The number of nitrogens with zero attached hydrogens (tertiary/aromatic N) is 1. The molecule has 4 nitrogen and oxygen atoms in total. The molecule has 0 bridgehead atoms. The van der Waals surface area contributed by atoms with Gasteiger partial charge in [-0.1, -0.05) is 18.6 Å². The van der Waals surface area contributed by atoms with E-state index in [1.807, 2.05) is 0 Å². The number of carbonyl (C=O) groups is 2. The van der Waals surface area contributed by atoms with Crippen LogP contribution in [0.15, 0.2) is 24.3 Å². The molecule has 96 valence electrons.